The predicted molar refractivity (Wildman–Crippen MR) is 81.9 cm³/mol. The molecule has 1 aromatic rings. The highest BCUT2D eigenvalue weighted by molar-refractivity contribution is 8.00. The Kier molecular flexibility index (Phi) is 4.51. The second kappa shape index (κ2) is 6.42. The number of hydrogen-bond donors (Lipinski definition) is 4. The summed E-state index contributed by atoms with van der Waals surface area (Å²) in [4.78, 5) is 28.9. The van der Waals surface area contributed by atoms with Gasteiger partial charge in [-0.15, -0.1) is 16.9 Å². The topological polar surface area (TPSA) is 176 Å². The first-order valence-corrected chi connectivity index (χ1v) is 8.22. The summed E-state index contributed by atoms with van der Waals surface area (Å²) in [5, 5.41) is 10.4. The Balaban J connectivity index is 1.94. The number of rotatable bonds is 4. The maximum atomic E-state index is 12.3. The van der Waals surface area contributed by atoms with E-state index in [9.17, 15) is 9.59 Å². The zero-order valence-corrected chi connectivity index (χ0v) is 13.2. The van der Waals surface area contributed by atoms with E-state index < -0.39 is 18.4 Å². The fourth-order valence-electron chi connectivity index (χ4n) is 2.24. The number of hydrogen-bond acceptors (Lipinski definition) is 11. The van der Waals surface area contributed by atoms with Crippen LogP contribution in [0.2, 0.25) is 0 Å². The number of ether oxygens (including phenoxy) is 1. The zero-order valence-electron chi connectivity index (χ0n) is 11.6. The molecular weight excluding hydrogens is 348 g/mol. The molecule has 23 heavy (non-hydrogen) atoms. The van der Waals surface area contributed by atoms with Gasteiger partial charge in [-0.3, -0.25) is 14.2 Å². The molecule has 1 amide bonds. The van der Waals surface area contributed by atoms with Gasteiger partial charge in [0.25, 0.3) is 5.91 Å². The minimum atomic E-state index is -1.00. The molecule has 7 N–H and O–H groups in total. The van der Waals surface area contributed by atoms with Crippen LogP contribution in [0.15, 0.2) is 15.1 Å². The van der Waals surface area contributed by atoms with Crippen LogP contribution in [0.4, 0.5) is 5.82 Å². The Labute approximate surface area is 137 Å². The van der Waals surface area contributed by atoms with Crippen molar-refractivity contribution < 1.29 is 14.4 Å². The molecule has 0 aliphatic carbocycles. The molecule has 0 aromatic carbocycles. The Morgan fingerprint density at radius 3 is 2.96 bits per heavy atom. The molecule has 0 saturated carbocycles. The number of amides is 1. The van der Waals surface area contributed by atoms with Crippen LogP contribution in [0.1, 0.15) is 15.9 Å². The molecule has 1 aromatic heterocycles. The summed E-state index contributed by atoms with van der Waals surface area (Å²) in [7, 11) is 0. The quantitative estimate of drug-likeness (QED) is 0.220. The number of nitrogens with two attached hydrogens (primary N) is 3. The molecule has 0 bridgehead atoms. The van der Waals surface area contributed by atoms with Crippen LogP contribution in [0.25, 0.3) is 0 Å². The highest BCUT2D eigenvalue weighted by Crippen LogP contribution is 2.36. The van der Waals surface area contributed by atoms with E-state index in [1.165, 1.54) is 16.3 Å². The van der Waals surface area contributed by atoms with Gasteiger partial charge < -0.3 is 20.7 Å². The summed E-state index contributed by atoms with van der Waals surface area (Å²) >= 11 is 2.23. The van der Waals surface area contributed by atoms with Gasteiger partial charge in [0.1, 0.15) is 29.0 Å². The lowest BCUT2D eigenvalue weighted by Crippen LogP contribution is -2.52. The molecule has 2 aliphatic heterocycles. The van der Waals surface area contributed by atoms with Crippen molar-refractivity contribution in [2.75, 3.05) is 17.7 Å². The number of nitrogens with zero attached hydrogens (tertiary/aromatic N) is 4. The lowest BCUT2D eigenvalue weighted by atomic mass is 10.3. The lowest BCUT2D eigenvalue weighted by molar-refractivity contribution is -0.0234. The standard InChI is InChI=1S/C9H14N8O4S2/c10-15-14-8-13-6-5(7(18)17(8)11)23-9(19)16(6)3-2-22-4(21-3)1-20-12/h3-4,8,13H,1-2,11-12H2,(H2,10,14)/t3?,4-,8?/m0/s1. The monoisotopic (exact) mass is 362 g/mol. The number of carbonyl (C=O) groups excluding carboxylic acids is 1. The first kappa shape index (κ1) is 16.2. The first-order valence-electron chi connectivity index (χ1n) is 6.35. The number of thioether (sulfide) groups is 1. The minimum Gasteiger partial charge on any atom is -0.341 e. The van der Waals surface area contributed by atoms with Crippen LogP contribution in [-0.2, 0) is 9.57 Å². The van der Waals surface area contributed by atoms with E-state index in [1.54, 1.807) is 0 Å². The maximum Gasteiger partial charge on any atom is 0.311 e. The molecule has 14 heteroatoms. The van der Waals surface area contributed by atoms with E-state index in [1.807, 2.05) is 0 Å². The fraction of sp³-hybridized carbons (Fsp3) is 0.556. The van der Waals surface area contributed by atoms with E-state index in [0.717, 1.165) is 16.3 Å². The smallest absolute Gasteiger partial charge is 0.311 e. The number of aromatic nitrogens is 1. The van der Waals surface area contributed by atoms with Gasteiger partial charge in [-0.25, -0.2) is 16.7 Å². The molecule has 2 aliphatic rings. The van der Waals surface area contributed by atoms with Crippen LogP contribution >= 0.6 is 23.1 Å². The summed E-state index contributed by atoms with van der Waals surface area (Å²) in [6, 6.07) is 0. The SMILES string of the molecule is NN=NC1Nc2c(sc(=O)n2C2CS[C@@H](CON)O2)C(=O)N1N. The molecule has 12 nitrogen and oxygen atoms in total. The molecule has 0 spiro atoms. The summed E-state index contributed by atoms with van der Waals surface area (Å²) in [6.07, 6.45) is -1.56. The largest absolute Gasteiger partial charge is 0.341 e. The number of carbonyl (C=O) groups is 1. The van der Waals surface area contributed by atoms with Crippen molar-refractivity contribution in [1.82, 2.24) is 9.58 Å². The van der Waals surface area contributed by atoms with Crippen molar-refractivity contribution in [2.45, 2.75) is 18.0 Å². The Morgan fingerprint density at radius 1 is 1.48 bits per heavy atom. The molecule has 0 radical (unpaired) electrons. The Morgan fingerprint density at radius 2 is 2.26 bits per heavy atom. The van der Waals surface area contributed by atoms with Crippen LogP contribution < -0.4 is 27.8 Å². The van der Waals surface area contributed by atoms with Gasteiger partial charge in [0, 0.05) is 5.75 Å². The van der Waals surface area contributed by atoms with Gasteiger partial charge in [-0.1, -0.05) is 16.6 Å². The maximum absolute atomic E-state index is 12.3. The first-order chi connectivity index (χ1) is 11.1. The minimum absolute atomic E-state index is 0.174. The number of anilines is 1. The second-order valence-electron chi connectivity index (χ2n) is 4.56. The van der Waals surface area contributed by atoms with Crippen LogP contribution in [0.5, 0.6) is 0 Å². The fourth-order valence-corrected chi connectivity index (χ4v) is 4.16. The van der Waals surface area contributed by atoms with E-state index in [2.05, 4.69) is 20.5 Å². The molecule has 126 valence electrons. The highest BCUT2D eigenvalue weighted by Gasteiger charge is 2.38. The average Bonchev–Trinajstić information content (AvgIpc) is 3.09. The van der Waals surface area contributed by atoms with Crippen molar-refractivity contribution in [3.8, 4) is 0 Å². The predicted octanol–water partition coefficient (Wildman–Crippen LogP) is -1.26. The highest BCUT2D eigenvalue weighted by atomic mass is 32.2. The zero-order chi connectivity index (χ0) is 16.6. The number of thiazole rings is 1. The molecule has 3 atom stereocenters. The average molecular weight is 362 g/mol. The van der Waals surface area contributed by atoms with Gasteiger partial charge in [0.05, 0.1) is 0 Å². The third kappa shape index (κ3) is 2.79. The van der Waals surface area contributed by atoms with Crippen molar-refractivity contribution >= 4 is 34.8 Å². The molecule has 3 heterocycles. The van der Waals surface area contributed by atoms with Crippen molar-refractivity contribution in [1.29, 1.82) is 0 Å². The van der Waals surface area contributed by atoms with E-state index in [-0.39, 0.29) is 27.6 Å². The third-order valence-corrected chi connectivity index (χ3v) is 5.27. The van der Waals surface area contributed by atoms with Crippen LogP contribution in [0, 0.1) is 0 Å². The molecular formula is C9H14N8O4S2. The molecule has 3 rings (SSSR count). The number of hydrazine groups is 1. The van der Waals surface area contributed by atoms with Gasteiger partial charge in [0.15, 0.2) is 0 Å². The molecule has 1 fully saturated rings. The third-order valence-electron chi connectivity index (χ3n) is 3.23. The van der Waals surface area contributed by atoms with Gasteiger partial charge >= 0.3 is 4.87 Å². The van der Waals surface area contributed by atoms with Gasteiger partial charge in [0.2, 0.25) is 6.29 Å². The second-order valence-corrected chi connectivity index (χ2v) is 6.72. The van der Waals surface area contributed by atoms with E-state index in [0.29, 0.717) is 5.75 Å². The van der Waals surface area contributed by atoms with E-state index >= 15 is 0 Å². The van der Waals surface area contributed by atoms with Gasteiger partial charge in [-0.2, -0.15) is 0 Å². The summed E-state index contributed by atoms with van der Waals surface area (Å²) in [5.41, 5.74) is -0.294. The molecule has 2 unspecified atom stereocenters. The van der Waals surface area contributed by atoms with Crippen molar-refractivity contribution in [2.24, 2.45) is 27.9 Å². The van der Waals surface area contributed by atoms with Crippen molar-refractivity contribution in [3.05, 3.63) is 14.5 Å². The Hall–Kier alpha value is -1.71. The summed E-state index contributed by atoms with van der Waals surface area (Å²) < 4.78 is 7.06. The Bertz CT molecular complexity index is 690. The number of nitrogens with one attached hydrogen (secondary N) is 1. The number of fused-ring (bicyclic) bond motifs is 1. The van der Waals surface area contributed by atoms with E-state index in [4.69, 9.17) is 22.3 Å². The van der Waals surface area contributed by atoms with Crippen molar-refractivity contribution in [3.63, 3.8) is 0 Å². The van der Waals surface area contributed by atoms with Crippen LogP contribution in [0.3, 0.4) is 0 Å². The summed E-state index contributed by atoms with van der Waals surface area (Å²) in [6.45, 7) is 0.190. The van der Waals surface area contributed by atoms with Gasteiger partial charge in [-0.05, 0) is 0 Å². The summed E-state index contributed by atoms with van der Waals surface area (Å²) in [5.74, 6) is 15.9. The lowest BCUT2D eigenvalue weighted by Gasteiger charge is -2.30. The molecule has 1 saturated heterocycles. The van der Waals surface area contributed by atoms with Crippen LogP contribution in [-0.4, -0.2) is 39.6 Å². The normalized spacial score (nSPS) is 27.5.